The van der Waals surface area contributed by atoms with Crippen LogP contribution in [0, 0.1) is 21.4 Å². The fourth-order valence-electron chi connectivity index (χ4n) is 2.82. The topological polar surface area (TPSA) is 122 Å². The molecule has 0 saturated heterocycles. The van der Waals surface area contributed by atoms with Gasteiger partial charge in [0.05, 0.1) is 26.9 Å². The number of benzene rings is 2. The van der Waals surface area contributed by atoms with Crippen LogP contribution in [0.4, 0.5) is 11.4 Å². The van der Waals surface area contributed by atoms with Crippen LogP contribution in [0.15, 0.2) is 63.3 Å². The van der Waals surface area contributed by atoms with Crippen LogP contribution < -0.4 is 10.9 Å². The zero-order valence-electron chi connectivity index (χ0n) is 15.8. The minimum Gasteiger partial charge on any atom is -0.422 e. The molecule has 1 N–H and O–H groups in total. The van der Waals surface area contributed by atoms with Crippen molar-refractivity contribution in [3.05, 3.63) is 89.6 Å². The smallest absolute Gasteiger partial charge is 0.345 e. The van der Waals surface area contributed by atoms with E-state index in [1.54, 1.807) is 23.6 Å². The standard InChI is InChI=1S/C21H10Cl2N4O4S/c22-13-1-3-17(16(23)7-13)25-9-12(8-24)20-26-18(10-32-20)15-6-11-5-14(27(29)30)2-4-19(11)31-21(15)28/h1-7,9-10,25H/b12-9+. The summed E-state index contributed by atoms with van der Waals surface area (Å²) in [6.07, 6.45) is 1.45. The van der Waals surface area contributed by atoms with Gasteiger partial charge in [-0.15, -0.1) is 11.3 Å². The third kappa shape index (κ3) is 4.33. The Morgan fingerprint density at radius 2 is 2.06 bits per heavy atom. The number of non-ortho nitro benzene ring substituents is 1. The minimum absolute atomic E-state index is 0.127. The zero-order valence-corrected chi connectivity index (χ0v) is 18.2. The first kappa shape index (κ1) is 21.5. The average molecular weight is 485 g/mol. The van der Waals surface area contributed by atoms with E-state index in [0.29, 0.717) is 26.1 Å². The summed E-state index contributed by atoms with van der Waals surface area (Å²) in [5.41, 5.74) is 0.644. The van der Waals surface area contributed by atoms with E-state index in [0.717, 1.165) is 11.3 Å². The lowest BCUT2D eigenvalue weighted by Gasteiger charge is -2.04. The van der Waals surface area contributed by atoms with Crippen molar-refractivity contribution in [2.75, 3.05) is 5.32 Å². The Morgan fingerprint density at radius 3 is 2.78 bits per heavy atom. The molecule has 8 nitrogen and oxygen atoms in total. The van der Waals surface area contributed by atoms with Gasteiger partial charge in [0.1, 0.15) is 22.2 Å². The molecule has 0 aliphatic heterocycles. The Kier molecular flexibility index (Phi) is 5.92. The second-order valence-corrected chi connectivity index (χ2v) is 8.10. The van der Waals surface area contributed by atoms with Gasteiger partial charge in [-0.2, -0.15) is 5.26 Å². The fraction of sp³-hybridized carbons (Fsp3) is 0. The molecule has 0 amide bonds. The second-order valence-electron chi connectivity index (χ2n) is 6.40. The van der Waals surface area contributed by atoms with Crippen molar-refractivity contribution in [3.8, 4) is 17.3 Å². The molecule has 0 radical (unpaired) electrons. The molecule has 0 aliphatic rings. The Balaban J connectivity index is 1.68. The highest BCUT2D eigenvalue weighted by molar-refractivity contribution is 7.11. The summed E-state index contributed by atoms with van der Waals surface area (Å²) in [5, 5.41) is 26.7. The number of allylic oxidation sites excluding steroid dienone is 1. The molecule has 11 heteroatoms. The third-order valence-electron chi connectivity index (χ3n) is 4.36. The Morgan fingerprint density at radius 1 is 1.25 bits per heavy atom. The summed E-state index contributed by atoms with van der Waals surface area (Å²) in [7, 11) is 0. The summed E-state index contributed by atoms with van der Waals surface area (Å²) < 4.78 is 5.28. The molecule has 0 atom stereocenters. The summed E-state index contributed by atoms with van der Waals surface area (Å²) in [6, 6.07) is 12.4. The molecule has 0 spiro atoms. The third-order valence-corrected chi connectivity index (χ3v) is 5.78. The Labute approximate surface area is 194 Å². The Bertz CT molecular complexity index is 1500. The van der Waals surface area contributed by atoms with Crippen molar-refractivity contribution in [1.82, 2.24) is 4.98 Å². The van der Waals surface area contributed by atoms with Crippen LogP contribution in [0.3, 0.4) is 0 Å². The van der Waals surface area contributed by atoms with Gasteiger partial charge in [0.2, 0.25) is 0 Å². The lowest BCUT2D eigenvalue weighted by molar-refractivity contribution is -0.384. The van der Waals surface area contributed by atoms with E-state index in [1.807, 2.05) is 6.07 Å². The highest BCUT2D eigenvalue weighted by atomic mass is 35.5. The molecular weight excluding hydrogens is 475 g/mol. The number of hydrogen-bond donors (Lipinski definition) is 1. The van der Waals surface area contributed by atoms with E-state index < -0.39 is 10.5 Å². The van der Waals surface area contributed by atoms with E-state index in [-0.39, 0.29) is 28.1 Å². The molecule has 4 aromatic rings. The highest BCUT2D eigenvalue weighted by Gasteiger charge is 2.15. The number of halogens is 2. The van der Waals surface area contributed by atoms with Gasteiger partial charge in [-0.05, 0) is 30.3 Å². The molecule has 4 rings (SSSR count). The molecule has 0 bridgehead atoms. The van der Waals surface area contributed by atoms with Gasteiger partial charge in [-0.3, -0.25) is 10.1 Å². The number of fused-ring (bicyclic) bond motifs is 1. The summed E-state index contributed by atoms with van der Waals surface area (Å²) in [5.74, 6) is 0. The molecule has 0 saturated carbocycles. The number of rotatable bonds is 5. The van der Waals surface area contributed by atoms with Gasteiger partial charge in [0.15, 0.2) is 0 Å². The van der Waals surface area contributed by atoms with Gasteiger partial charge in [-0.1, -0.05) is 23.2 Å². The zero-order chi connectivity index (χ0) is 22.8. The van der Waals surface area contributed by atoms with Crippen LogP contribution >= 0.6 is 34.5 Å². The van der Waals surface area contributed by atoms with Gasteiger partial charge in [-0.25, -0.2) is 9.78 Å². The SMILES string of the molecule is N#C/C(=C\Nc1ccc(Cl)cc1Cl)c1nc(-c2cc3cc([N+](=O)[O-])ccc3oc2=O)cs1. The first-order valence-corrected chi connectivity index (χ1v) is 10.5. The quantitative estimate of drug-likeness (QED) is 0.157. The molecule has 0 unspecified atom stereocenters. The van der Waals surface area contributed by atoms with Gasteiger partial charge in [0.25, 0.3) is 5.69 Å². The molecule has 2 aromatic carbocycles. The molecule has 2 aromatic heterocycles. The van der Waals surface area contributed by atoms with Gasteiger partial charge >= 0.3 is 5.63 Å². The number of hydrogen-bond acceptors (Lipinski definition) is 8. The number of thiazole rings is 1. The number of aromatic nitrogens is 1. The van der Waals surface area contributed by atoms with Crippen LogP contribution in [-0.4, -0.2) is 9.91 Å². The average Bonchev–Trinajstić information content (AvgIpc) is 3.24. The van der Waals surface area contributed by atoms with Crippen molar-refractivity contribution in [1.29, 1.82) is 5.26 Å². The molecule has 0 fully saturated rings. The van der Waals surface area contributed by atoms with Crippen LogP contribution in [-0.2, 0) is 0 Å². The molecule has 2 heterocycles. The lowest BCUT2D eigenvalue weighted by atomic mass is 10.1. The van der Waals surface area contributed by atoms with Gasteiger partial charge < -0.3 is 9.73 Å². The minimum atomic E-state index is -0.642. The van der Waals surface area contributed by atoms with E-state index >= 15 is 0 Å². The van der Waals surface area contributed by atoms with Crippen molar-refractivity contribution >= 4 is 62.5 Å². The summed E-state index contributed by atoms with van der Waals surface area (Å²) in [6.45, 7) is 0. The Hall–Kier alpha value is -3.71. The lowest BCUT2D eigenvalue weighted by Crippen LogP contribution is -2.03. The van der Waals surface area contributed by atoms with Crippen LogP contribution in [0.1, 0.15) is 5.01 Å². The maximum atomic E-state index is 12.4. The number of nitro benzene ring substituents is 1. The summed E-state index contributed by atoms with van der Waals surface area (Å²) in [4.78, 5) is 27.3. The fourth-order valence-corrected chi connectivity index (χ4v) is 4.07. The van der Waals surface area contributed by atoms with Crippen molar-refractivity contribution in [2.45, 2.75) is 0 Å². The molecule has 0 aliphatic carbocycles. The summed E-state index contributed by atoms with van der Waals surface area (Å²) >= 11 is 13.2. The molecule has 158 valence electrons. The monoisotopic (exact) mass is 484 g/mol. The molecule has 32 heavy (non-hydrogen) atoms. The predicted octanol–water partition coefficient (Wildman–Crippen LogP) is 6.11. The van der Waals surface area contributed by atoms with E-state index in [9.17, 15) is 20.2 Å². The van der Waals surface area contributed by atoms with E-state index in [2.05, 4.69) is 10.3 Å². The number of nitriles is 1. The molecular formula is C21H10Cl2N4O4S. The number of nitro groups is 1. The van der Waals surface area contributed by atoms with Crippen molar-refractivity contribution in [3.63, 3.8) is 0 Å². The van der Waals surface area contributed by atoms with Gasteiger partial charge in [0, 0.05) is 34.1 Å². The van der Waals surface area contributed by atoms with E-state index in [1.165, 1.54) is 30.5 Å². The van der Waals surface area contributed by atoms with Crippen LogP contribution in [0.2, 0.25) is 10.0 Å². The maximum absolute atomic E-state index is 12.4. The number of anilines is 1. The maximum Gasteiger partial charge on any atom is 0.345 e. The number of nitrogens with one attached hydrogen (secondary N) is 1. The first-order chi connectivity index (χ1) is 15.4. The van der Waals surface area contributed by atoms with E-state index in [4.69, 9.17) is 27.6 Å². The first-order valence-electron chi connectivity index (χ1n) is 8.86. The van der Waals surface area contributed by atoms with Crippen LogP contribution in [0.5, 0.6) is 0 Å². The highest BCUT2D eigenvalue weighted by Crippen LogP contribution is 2.29. The second kappa shape index (κ2) is 8.80. The largest absolute Gasteiger partial charge is 0.422 e. The van der Waals surface area contributed by atoms with Crippen molar-refractivity contribution in [2.24, 2.45) is 0 Å². The van der Waals surface area contributed by atoms with Crippen LogP contribution in [0.25, 0.3) is 27.8 Å². The predicted molar refractivity (Wildman–Crippen MR) is 124 cm³/mol. The number of nitrogens with zero attached hydrogens (tertiary/aromatic N) is 3. The normalized spacial score (nSPS) is 11.3. The van der Waals surface area contributed by atoms with Crippen molar-refractivity contribution < 1.29 is 9.34 Å².